The number of nitrogens with zero attached hydrogens (tertiary/aromatic N) is 1. The Morgan fingerprint density at radius 3 is 2.44 bits per heavy atom. The van der Waals surface area contributed by atoms with Crippen molar-refractivity contribution in [3.05, 3.63) is 54.2 Å². The van der Waals surface area contributed by atoms with Gasteiger partial charge in [-0.15, -0.1) is 0 Å². The van der Waals surface area contributed by atoms with E-state index in [9.17, 15) is 18.0 Å². The molecule has 0 saturated heterocycles. The Labute approximate surface area is 143 Å². The standard InChI is InChI=1S/C17H19F3N4O/c18-17(19,20)13-7-1-2-8-14(13)24-16(25)23-12-6-5-11-22-15-9-3-4-10-21-15/h1-4,7-10H,5-6,11-12H2,(H,21,22)(H2,23,24,25). The van der Waals surface area contributed by atoms with Gasteiger partial charge in [0, 0.05) is 19.3 Å². The van der Waals surface area contributed by atoms with Gasteiger partial charge in [-0.1, -0.05) is 18.2 Å². The maximum atomic E-state index is 12.8. The van der Waals surface area contributed by atoms with Crippen LogP contribution in [-0.2, 0) is 6.18 Å². The van der Waals surface area contributed by atoms with Crippen LogP contribution in [0.2, 0.25) is 0 Å². The van der Waals surface area contributed by atoms with Crippen molar-refractivity contribution in [2.45, 2.75) is 19.0 Å². The van der Waals surface area contributed by atoms with Crippen molar-refractivity contribution in [1.29, 1.82) is 0 Å². The molecular weight excluding hydrogens is 333 g/mol. The van der Waals surface area contributed by atoms with Gasteiger partial charge in [-0.3, -0.25) is 0 Å². The molecule has 0 radical (unpaired) electrons. The van der Waals surface area contributed by atoms with Crippen LogP contribution in [0, 0.1) is 0 Å². The predicted molar refractivity (Wildman–Crippen MR) is 90.4 cm³/mol. The van der Waals surface area contributed by atoms with Crippen molar-refractivity contribution in [1.82, 2.24) is 10.3 Å². The molecular formula is C17H19F3N4O. The molecule has 0 saturated carbocycles. The first-order chi connectivity index (χ1) is 12.0. The molecule has 0 unspecified atom stereocenters. The van der Waals surface area contributed by atoms with Gasteiger partial charge in [-0.25, -0.2) is 9.78 Å². The normalized spacial score (nSPS) is 11.0. The summed E-state index contributed by atoms with van der Waals surface area (Å²) in [5, 5.41) is 7.92. The zero-order valence-electron chi connectivity index (χ0n) is 13.4. The van der Waals surface area contributed by atoms with E-state index in [1.165, 1.54) is 18.2 Å². The van der Waals surface area contributed by atoms with Crippen LogP contribution >= 0.6 is 0 Å². The largest absolute Gasteiger partial charge is 0.418 e. The maximum Gasteiger partial charge on any atom is 0.418 e. The number of amides is 2. The zero-order valence-corrected chi connectivity index (χ0v) is 13.4. The third-order valence-corrected chi connectivity index (χ3v) is 3.34. The van der Waals surface area contributed by atoms with Crippen molar-refractivity contribution in [3.8, 4) is 0 Å². The Hall–Kier alpha value is -2.77. The minimum atomic E-state index is -4.51. The van der Waals surface area contributed by atoms with E-state index in [0.29, 0.717) is 19.5 Å². The van der Waals surface area contributed by atoms with Crippen LogP contribution < -0.4 is 16.0 Å². The molecule has 2 rings (SSSR count). The lowest BCUT2D eigenvalue weighted by Gasteiger charge is -2.14. The number of anilines is 2. The molecule has 0 atom stereocenters. The van der Waals surface area contributed by atoms with Gasteiger partial charge in [0.15, 0.2) is 0 Å². The van der Waals surface area contributed by atoms with Crippen LogP contribution in [-0.4, -0.2) is 24.1 Å². The van der Waals surface area contributed by atoms with Gasteiger partial charge in [0.25, 0.3) is 0 Å². The Kier molecular flexibility index (Phi) is 6.62. The monoisotopic (exact) mass is 352 g/mol. The van der Waals surface area contributed by atoms with Crippen LogP contribution in [0.5, 0.6) is 0 Å². The predicted octanol–water partition coefficient (Wildman–Crippen LogP) is 4.11. The number of hydrogen-bond acceptors (Lipinski definition) is 3. The number of hydrogen-bond donors (Lipinski definition) is 3. The number of unbranched alkanes of at least 4 members (excludes halogenated alkanes) is 1. The fraction of sp³-hybridized carbons (Fsp3) is 0.294. The van der Waals surface area contributed by atoms with E-state index >= 15 is 0 Å². The molecule has 0 bridgehead atoms. The van der Waals surface area contributed by atoms with Crippen LogP contribution in [0.15, 0.2) is 48.7 Å². The van der Waals surface area contributed by atoms with Crippen LogP contribution in [0.1, 0.15) is 18.4 Å². The Morgan fingerprint density at radius 2 is 1.72 bits per heavy atom. The second kappa shape index (κ2) is 8.91. The fourth-order valence-electron chi connectivity index (χ4n) is 2.14. The number of halogens is 3. The number of para-hydroxylation sites is 1. The van der Waals surface area contributed by atoms with Gasteiger partial charge in [0.05, 0.1) is 11.3 Å². The van der Waals surface area contributed by atoms with Crippen molar-refractivity contribution in [2.75, 3.05) is 23.7 Å². The molecule has 0 fully saturated rings. The van der Waals surface area contributed by atoms with E-state index in [1.54, 1.807) is 6.20 Å². The first kappa shape index (κ1) is 18.6. The van der Waals surface area contributed by atoms with Crippen LogP contribution in [0.25, 0.3) is 0 Å². The number of urea groups is 1. The minimum absolute atomic E-state index is 0.260. The molecule has 0 spiro atoms. The first-order valence-corrected chi connectivity index (χ1v) is 7.83. The molecule has 0 aliphatic rings. The number of carbonyl (C=O) groups excluding carboxylic acids is 1. The number of benzene rings is 1. The van der Waals surface area contributed by atoms with Gasteiger partial charge in [-0.2, -0.15) is 13.2 Å². The summed E-state index contributed by atoms with van der Waals surface area (Å²) in [5.74, 6) is 0.775. The number of pyridine rings is 1. The number of carbonyl (C=O) groups is 1. The summed E-state index contributed by atoms with van der Waals surface area (Å²) in [6, 6.07) is 9.76. The van der Waals surface area contributed by atoms with Gasteiger partial charge >= 0.3 is 12.2 Å². The van der Waals surface area contributed by atoms with Gasteiger partial charge in [-0.05, 0) is 37.1 Å². The Morgan fingerprint density at radius 1 is 1.00 bits per heavy atom. The molecule has 1 aromatic carbocycles. The topological polar surface area (TPSA) is 66.0 Å². The molecule has 2 amide bonds. The molecule has 134 valence electrons. The van der Waals surface area contributed by atoms with E-state index in [-0.39, 0.29) is 5.69 Å². The lowest BCUT2D eigenvalue weighted by molar-refractivity contribution is -0.136. The average molecular weight is 352 g/mol. The molecule has 1 aromatic heterocycles. The zero-order chi connectivity index (χ0) is 18.1. The van der Waals surface area contributed by atoms with Gasteiger partial charge in [0.2, 0.25) is 0 Å². The van der Waals surface area contributed by atoms with E-state index in [4.69, 9.17) is 0 Å². The van der Waals surface area contributed by atoms with Gasteiger partial charge < -0.3 is 16.0 Å². The molecule has 3 N–H and O–H groups in total. The molecule has 0 aliphatic carbocycles. The quantitative estimate of drug-likeness (QED) is 0.657. The third kappa shape index (κ3) is 6.33. The number of nitrogens with one attached hydrogen (secondary N) is 3. The average Bonchev–Trinajstić information content (AvgIpc) is 2.58. The summed E-state index contributed by atoms with van der Waals surface area (Å²) < 4.78 is 38.5. The summed E-state index contributed by atoms with van der Waals surface area (Å²) >= 11 is 0. The lowest BCUT2D eigenvalue weighted by atomic mass is 10.1. The maximum absolute atomic E-state index is 12.8. The highest BCUT2D eigenvalue weighted by atomic mass is 19.4. The van der Waals surface area contributed by atoms with Crippen molar-refractivity contribution in [3.63, 3.8) is 0 Å². The summed E-state index contributed by atoms with van der Waals surface area (Å²) in [5.41, 5.74) is -1.13. The molecule has 5 nitrogen and oxygen atoms in total. The number of rotatable bonds is 7. The van der Waals surface area contributed by atoms with E-state index in [1.807, 2.05) is 18.2 Å². The second-order valence-corrected chi connectivity index (χ2v) is 5.27. The third-order valence-electron chi connectivity index (χ3n) is 3.34. The van der Waals surface area contributed by atoms with E-state index in [2.05, 4.69) is 20.9 Å². The van der Waals surface area contributed by atoms with Crippen LogP contribution in [0.4, 0.5) is 29.5 Å². The number of alkyl halides is 3. The molecule has 2 aromatic rings. The SMILES string of the molecule is O=C(NCCCCNc1ccccn1)Nc1ccccc1C(F)(F)F. The lowest BCUT2D eigenvalue weighted by Crippen LogP contribution is -2.30. The first-order valence-electron chi connectivity index (χ1n) is 7.83. The van der Waals surface area contributed by atoms with Gasteiger partial charge in [0.1, 0.15) is 5.82 Å². The molecule has 0 aliphatic heterocycles. The van der Waals surface area contributed by atoms with Crippen molar-refractivity contribution >= 4 is 17.5 Å². The second-order valence-electron chi connectivity index (χ2n) is 5.27. The molecule has 25 heavy (non-hydrogen) atoms. The smallest absolute Gasteiger partial charge is 0.370 e. The molecule has 8 heteroatoms. The van der Waals surface area contributed by atoms with Crippen molar-refractivity contribution in [2.24, 2.45) is 0 Å². The van der Waals surface area contributed by atoms with Crippen molar-refractivity contribution < 1.29 is 18.0 Å². The Bertz CT molecular complexity index is 677. The highest BCUT2D eigenvalue weighted by Gasteiger charge is 2.33. The summed E-state index contributed by atoms with van der Waals surface area (Å²) in [4.78, 5) is 15.8. The van der Waals surface area contributed by atoms with E-state index < -0.39 is 17.8 Å². The number of aromatic nitrogens is 1. The highest BCUT2D eigenvalue weighted by molar-refractivity contribution is 5.90. The summed E-state index contributed by atoms with van der Waals surface area (Å²) in [6.07, 6.45) is -1.35. The van der Waals surface area contributed by atoms with E-state index in [0.717, 1.165) is 18.3 Å². The Balaban J connectivity index is 1.68. The minimum Gasteiger partial charge on any atom is -0.370 e. The summed E-state index contributed by atoms with van der Waals surface area (Å²) in [6.45, 7) is 1.06. The molecule has 1 heterocycles. The van der Waals surface area contributed by atoms with Crippen LogP contribution in [0.3, 0.4) is 0 Å². The fourth-order valence-corrected chi connectivity index (χ4v) is 2.14. The highest BCUT2D eigenvalue weighted by Crippen LogP contribution is 2.34. The summed E-state index contributed by atoms with van der Waals surface area (Å²) in [7, 11) is 0.